The molecular weight excluding hydrogens is 326 g/mol. The van der Waals surface area contributed by atoms with E-state index in [9.17, 15) is 9.59 Å². The summed E-state index contributed by atoms with van der Waals surface area (Å²) in [6, 6.07) is 9.77. The van der Waals surface area contributed by atoms with Crippen LogP contribution in [0.4, 0.5) is 0 Å². The fourth-order valence-corrected chi connectivity index (χ4v) is 3.85. The first-order valence-corrected chi connectivity index (χ1v) is 8.43. The van der Waals surface area contributed by atoms with E-state index in [-0.39, 0.29) is 42.2 Å². The van der Waals surface area contributed by atoms with Gasteiger partial charge in [0.1, 0.15) is 0 Å². The molecule has 1 aromatic rings. The Morgan fingerprint density at radius 1 is 1.21 bits per heavy atom. The van der Waals surface area contributed by atoms with Crippen molar-refractivity contribution in [2.45, 2.75) is 37.8 Å². The Labute approximate surface area is 149 Å². The van der Waals surface area contributed by atoms with E-state index in [4.69, 9.17) is 5.73 Å². The molecular formula is C18H26ClN3O2. The van der Waals surface area contributed by atoms with Crippen LogP contribution in [0.1, 0.15) is 37.3 Å². The average Bonchev–Trinajstić information content (AvgIpc) is 2.57. The summed E-state index contributed by atoms with van der Waals surface area (Å²) in [5.74, 6) is 0.0806. The number of hydrogen-bond acceptors (Lipinski definition) is 3. The predicted molar refractivity (Wildman–Crippen MR) is 95.7 cm³/mol. The molecule has 2 N–H and O–H groups in total. The van der Waals surface area contributed by atoms with Crippen LogP contribution in [0, 0.1) is 5.92 Å². The van der Waals surface area contributed by atoms with Crippen LogP contribution in [0.25, 0.3) is 0 Å². The van der Waals surface area contributed by atoms with E-state index in [0.717, 1.165) is 24.9 Å². The number of hydrogen-bond donors (Lipinski definition) is 1. The Balaban J connectivity index is 0.00000208. The van der Waals surface area contributed by atoms with Crippen LogP contribution in [0.2, 0.25) is 0 Å². The number of nitrogens with zero attached hydrogens (tertiary/aromatic N) is 2. The summed E-state index contributed by atoms with van der Waals surface area (Å²) < 4.78 is 0. The van der Waals surface area contributed by atoms with Crippen LogP contribution >= 0.6 is 12.4 Å². The molecule has 0 spiro atoms. The Hall–Kier alpha value is -1.59. The maximum absolute atomic E-state index is 13.1. The molecule has 24 heavy (non-hydrogen) atoms. The van der Waals surface area contributed by atoms with Crippen molar-refractivity contribution in [3.63, 3.8) is 0 Å². The summed E-state index contributed by atoms with van der Waals surface area (Å²) in [6.45, 7) is 1.41. The zero-order valence-electron chi connectivity index (χ0n) is 14.1. The molecule has 0 aromatic heterocycles. The molecule has 6 heteroatoms. The van der Waals surface area contributed by atoms with Crippen molar-refractivity contribution in [1.29, 1.82) is 0 Å². The Morgan fingerprint density at radius 2 is 1.92 bits per heavy atom. The average molecular weight is 352 g/mol. The van der Waals surface area contributed by atoms with Gasteiger partial charge in [-0.15, -0.1) is 12.4 Å². The van der Waals surface area contributed by atoms with E-state index >= 15 is 0 Å². The molecule has 3 atom stereocenters. The second kappa shape index (κ2) is 7.99. The predicted octanol–water partition coefficient (Wildman–Crippen LogP) is 1.97. The number of benzene rings is 1. The van der Waals surface area contributed by atoms with E-state index in [1.807, 2.05) is 35.2 Å². The minimum atomic E-state index is -0.178. The number of nitrogens with two attached hydrogens (primary N) is 1. The smallest absolute Gasteiger partial charge is 0.228 e. The molecule has 0 saturated carbocycles. The second-order valence-corrected chi connectivity index (χ2v) is 6.69. The van der Waals surface area contributed by atoms with Crippen LogP contribution in [0.15, 0.2) is 30.3 Å². The quantitative estimate of drug-likeness (QED) is 0.885. The number of rotatable bonds is 2. The van der Waals surface area contributed by atoms with Gasteiger partial charge in [0.05, 0.1) is 12.0 Å². The molecule has 2 heterocycles. The van der Waals surface area contributed by atoms with Gasteiger partial charge in [-0.3, -0.25) is 9.59 Å². The monoisotopic (exact) mass is 351 g/mol. The van der Waals surface area contributed by atoms with Gasteiger partial charge in [0, 0.05) is 32.6 Å². The van der Waals surface area contributed by atoms with Crippen LogP contribution < -0.4 is 5.73 Å². The third kappa shape index (κ3) is 3.73. The van der Waals surface area contributed by atoms with E-state index in [1.54, 1.807) is 11.9 Å². The lowest BCUT2D eigenvalue weighted by molar-refractivity contribution is -0.147. The number of halogens is 1. The molecule has 2 amide bonds. The molecule has 5 nitrogen and oxygen atoms in total. The minimum Gasteiger partial charge on any atom is -0.341 e. The van der Waals surface area contributed by atoms with Gasteiger partial charge >= 0.3 is 0 Å². The number of amides is 2. The zero-order chi connectivity index (χ0) is 16.4. The first kappa shape index (κ1) is 18.7. The molecule has 1 aromatic carbocycles. The standard InChI is InChI=1S/C18H25N3O2.ClH/c1-20-16(22)10-9-15(17(20)13-6-3-2-4-7-13)18(23)21-11-5-8-14(19)12-21;/h2-4,6-7,14-15,17H,5,8-12,19H2,1H3;1H. The van der Waals surface area contributed by atoms with Gasteiger partial charge in [-0.05, 0) is 24.8 Å². The van der Waals surface area contributed by atoms with Gasteiger partial charge in [0.15, 0.2) is 0 Å². The lowest BCUT2D eigenvalue weighted by atomic mass is 9.83. The molecule has 3 unspecified atom stereocenters. The van der Waals surface area contributed by atoms with Gasteiger partial charge in [-0.25, -0.2) is 0 Å². The van der Waals surface area contributed by atoms with Crippen molar-refractivity contribution in [2.24, 2.45) is 11.7 Å². The lowest BCUT2D eigenvalue weighted by Gasteiger charge is -2.42. The topological polar surface area (TPSA) is 66.6 Å². The summed E-state index contributed by atoms with van der Waals surface area (Å²) in [7, 11) is 1.81. The van der Waals surface area contributed by atoms with Gasteiger partial charge < -0.3 is 15.5 Å². The Morgan fingerprint density at radius 3 is 2.58 bits per heavy atom. The van der Waals surface area contributed by atoms with Gasteiger partial charge in [0.25, 0.3) is 0 Å². The minimum absolute atomic E-state index is 0. The first-order chi connectivity index (χ1) is 11.1. The van der Waals surface area contributed by atoms with Crippen molar-refractivity contribution in [2.75, 3.05) is 20.1 Å². The molecule has 2 aliphatic rings. The molecule has 0 bridgehead atoms. The summed E-state index contributed by atoms with van der Waals surface area (Å²) in [6.07, 6.45) is 3.00. The number of piperidine rings is 2. The van der Waals surface area contributed by atoms with Crippen molar-refractivity contribution in [1.82, 2.24) is 9.80 Å². The van der Waals surface area contributed by atoms with Gasteiger partial charge in [0.2, 0.25) is 11.8 Å². The molecule has 0 radical (unpaired) electrons. The van der Waals surface area contributed by atoms with Crippen molar-refractivity contribution in [3.05, 3.63) is 35.9 Å². The maximum atomic E-state index is 13.1. The fraction of sp³-hybridized carbons (Fsp3) is 0.556. The third-order valence-corrected chi connectivity index (χ3v) is 5.09. The highest BCUT2D eigenvalue weighted by Gasteiger charge is 2.41. The SMILES string of the molecule is CN1C(=O)CCC(C(=O)N2CCCC(N)C2)C1c1ccccc1.Cl. The largest absolute Gasteiger partial charge is 0.341 e. The molecule has 132 valence electrons. The number of carbonyl (C=O) groups excluding carboxylic acids is 2. The van der Waals surface area contributed by atoms with Crippen LogP contribution in [0.3, 0.4) is 0 Å². The van der Waals surface area contributed by atoms with E-state index < -0.39 is 0 Å². The molecule has 2 aliphatic heterocycles. The Bertz CT molecular complexity index is 581. The second-order valence-electron chi connectivity index (χ2n) is 6.69. The normalized spacial score (nSPS) is 27.6. The lowest BCUT2D eigenvalue weighted by Crippen LogP contribution is -2.52. The summed E-state index contributed by atoms with van der Waals surface area (Å²) >= 11 is 0. The van der Waals surface area contributed by atoms with E-state index in [2.05, 4.69) is 0 Å². The number of carbonyl (C=O) groups is 2. The van der Waals surface area contributed by atoms with E-state index in [0.29, 0.717) is 19.4 Å². The highest BCUT2D eigenvalue weighted by molar-refractivity contribution is 5.85. The van der Waals surface area contributed by atoms with E-state index in [1.165, 1.54) is 0 Å². The Kier molecular flexibility index (Phi) is 6.24. The highest BCUT2D eigenvalue weighted by atomic mass is 35.5. The molecule has 2 fully saturated rings. The summed E-state index contributed by atoms with van der Waals surface area (Å²) in [4.78, 5) is 28.9. The zero-order valence-corrected chi connectivity index (χ0v) is 14.9. The first-order valence-electron chi connectivity index (χ1n) is 8.43. The van der Waals surface area contributed by atoms with Crippen LogP contribution in [0.5, 0.6) is 0 Å². The third-order valence-electron chi connectivity index (χ3n) is 5.09. The highest BCUT2D eigenvalue weighted by Crippen LogP contribution is 2.37. The molecule has 2 saturated heterocycles. The van der Waals surface area contributed by atoms with Gasteiger partial charge in [-0.1, -0.05) is 30.3 Å². The summed E-state index contributed by atoms with van der Waals surface area (Å²) in [5.41, 5.74) is 7.06. The maximum Gasteiger partial charge on any atom is 0.228 e. The fourth-order valence-electron chi connectivity index (χ4n) is 3.85. The van der Waals surface area contributed by atoms with Crippen molar-refractivity contribution in [3.8, 4) is 0 Å². The van der Waals surface area contributed by atoms with Crippen molar-refractivity contribution >= 4 is 24.2 Å². The number of likely N-dealkylation sites (tertiary alicyclic amines) is 2. The molecule has 3 rings (SSSR count). The van der Waals surface area contributed by atoms with Gasteiger partial charge in [-0.2, -0.15) is 0 Å². The summed E-state index contributed by atoms with van der Waals surface area (Å²) in [5, 5.41) is 0. The van der Waals surface area contributed by atoms with Crippen LogP contribution in [-0.2, 0) is 9.59 Å². The van der Waals surface area contributed by atoms with Crippen LogP contribution in [-0.4, -0.2) is 47.8 Å². The van der Waals surface area contributed by atoms with Crippen molar-refractivity contribution < 1.29 is 9.59 Å². The molecule has 0 aliphatic carbocycles.